The molecular formula is C22H16F3N5O2. The molecule has 1 atom stereocenters. The van der Waals surface area contributed by atoms with Crippen LogP contribution in [0.4, 0.5) is 18.9 Å². The highest BCUT2D eigenvalue weighted by molar-refractivity contribution is 5.94. The Bertz CT molecular complexity index is 1380. The molecule has 162 valence electrons. The number of anilines is 1. The Morgan fingerprint density at radius 2 is 1.78 bits per heavy atom. The number of carbonyl (C=O) groups is 1. The van der Waals surface area contributed by atoms with E-state index in [1.54, 1.807) is 4.57 Å². The summed E-state index contributed by atoms with van der Waals surface area (Å²) in [4.78, 5) is 30.0. The summed E-state index contributed by atoms with van der Waals surface area (Å²) in [6.07, 6.45) is -3.53. The van der Waals surface area contributed by atoms with Gasteiger partial charge in [0, 0.05) is 23.0 Å². The molecule has 1 aliphatic rings. The molecule has 0 bridgehead atoms. The molecule has 2 aromatic carbocycles. The molecule has 0 aliphatic carbocycles. The first-order chi connectivity index (χ1) is 15.3. The zero-order valence-corrected chi connectivity index (χ0v) is 16.5. The number of amides is 1. The van der Waals surface area contributed by atoms with Crippen LogP contribution in [-0.2, 0) is 17.4 Å². The van der Waals surface area contributed by atoms with E-state index >= 15 is 0 Å². The van der Waals surface area contributed by atoms with Crippen molar-refractivity contribution in [3.05, 3.63) is 82.3 Å². The Hall–Kier alpha value is -3.95. The molecule has 0 saturated carbocycles. The summed E-state index contributed by atoms with van der Waals surface area (Å²) in [6, 6.07) is 14.2. The summed E-state index contributed by atoms with van der Waals surface area (Å²) in [7, 11) is 0. The zero-order chi connectivity index (χ0) is 22.5. The van der Waals surface area contributed by atoms with E-state index in [2.05, 4.69) is 15.4 Å². The van der Waals surface area contributed by atoms with E-state index in [9.17, 15) is 22.8 Å². The van der Waals surface area contributed by atoms with Crippen molar-refractivity contribution in [2.75, 3.05) is 5.32 Å². The maximum absolute atomic E-state index is 13.0. The summed E-state index contributed by atoms with van der Waals surface area (Å²) >= 11 is 0. The minimum atomic E-state index is -4.45. The average Bonchev–Trinajstić information content (AvgIpc) is 3.39. The van der Waals surface area contributed by atoms with Crippen molar-refractivity contribution >= 4 is 17.4 Å². The van der Waals surface area contributed by atoms with Crippen molar-refractivity contribution in [2.45, 2.75) is 25.1 Å². The predicted octanol–water partition coefficient (Wildman–Crippen LogP) is 3.70. The molecule has 1 aliphatic heterocycles. The lowest BCUT2D eigenvalue weighted by atomic mass is 10.1. The summed E-state index contributed by atoms with van der Waals surface area (Å²) in [6.45, 7) is 0. The summed E-state index contributed by atoms with van der Waals surface area (Å²) in [5.74, 6) is 0.201. The number of rotatable bonds is 3. The Labute approximate surface area is 179 Å². The molecule has 2 aromatic heterocycles. The Morgan fingerprint density at radius 3 is 2.47 bits per heavy atom. The van der Waals surface area contributed by atoms with Gasteiger partial charge in [-0.2, -0.15) is 22.7 Å². The standard InChI is InChI=1S/C22H16F3N5O2/c23-22(24,25)14-6-8-15(9-7-14)26-20(32)17-11-10-16-12-18(31)30-21(29(16)17)27-19(28-30)13-4-2-1-3-5-13/h1-9,12,17H,10-11H2,(H,26,32)/t17-/m1/s1. The number of aryl methyl sites for hydroxylation is 1. The minimum Gasteiger partial charge on any atom is -0.324 e. The second-order valence-electron chi connectivity index (χ2n) is 7.48. The number of hydrogen-bond donors (Lipinski definition) is 1. The monoisotopic (exact) mass is 439 g/mol. The Balaban J connectivity index is 1.49. The van der Waals surface area contributed by atoms with E-state index in [0.717, 1.165) is 22.2 Å². The van der Waals surface area contributed by atoms with Crippen LogP contribution < -0.4 is 10.9 Å². The largest absolute Gasteiger partial charge is 0.416 e. The molecular weight excluding hydrogens is 423 g/mol. The highest BCUT2D eigenvalue weighted by atomic mass is 19.4. The third-order valence-corrected chi connectivity index (χ3v) is 5.41. The number of aromatic nitrogens is 4. The maximum atomic E-state index is 13.0. The van der Waals surface area contributed by atoms with Gasteiger partial charge in [0.25, 0.3) is 5.56 Å². The van der Waals surface area contributed by atoms with Gasteiger partial charge in [-0.25, -0.2) is 0 Å². The number of hydrogen-bond acceptors (Lipinski definition) is 4. The van der Waals surface area contributed by atoms with Gasteiger partial charge >= 0.3 is 6.18 Å². The molecule has 10 heteroatoms. The number of carbonyl (C=O) groups excluding carboxylic acids is 1. The lowest BCUT2D eigenvalue weighted by molar-refractivity contribution is -0.137. The van der Waals surface area contributed by atoms with Gasteiger partial charge in [-0.1, -0.05) is 30.3 Å². The molecule has 0 saturated heterocycles. The summed E-state index contributed by atoms with van der Waals surface area (Å²) in [5.41, 5.74) is 0.498. The second kappa shape index (κ2) is 7.33. The van der Waals surface area contributed by atoms with Gasteiger partial charge in [-0.15, -0.1) is 5.10 Å². The quantitative estimate of drug-likeness (QED) is 0.528. The Morgan fingerprint density at radius 1 is 1.06 bits per heavy atom. The first-order valence-corrected chi connectivity index (χ1v) is 9.86. The van der Waals surface area contributed by atoms with Crippen molar-refractivity contribution in [2.24, 2.45) is 0 Å². The van der Waals surface area contributed by atoms with Gasteiger partial charge in [0.05, 0.1) is 5.56 Å². The molecule has 1 amide bonds. The van der Waals surface area contributed by atoms with Gasteiger partial charge < -0.3 is 9.88 Å². The van der Waals surface area contributed by atoms with Gasteiger partial charge in [0.15, 0.2) is 5.82 Å². The number of fused-ring (bicyclic) bond motifs is 3. The van der Waals surface area contributed by atoms with Crippen LogP contribution in [0, 0.1) is 0 Å². The fourth-order valence-electron chi connectivity index (χ4n) is 3.88. The molecule has 5 rings (SSSR count). The van der Waals surface area contributed by atoms with Gasteiger partial charge in [-0.3, -0.25) is 9.59 Å². The van der Waals surface area contributed by atoms with Crippen LogP contribution >= 0.6 is 0 Å². The number of benzene rings is 2. The molecule has 4 aromatic rings. The van der Waals surface area contributed by atoms with Crippen molar-refractivity contribution in [3.8, 4) is 11.4 Å². The van der Waals surface area contributed by atoms with Crippen molar-refractivity contribution in [1.82, 2.24) is 19.2 Å². The van der Waals surface area contributed by atoms with Crippen LogP contribution in [0.1, 0.15) is 23.7 Å². The summed E-state index contributed by atoms with van der Waals surface area (Å²) in [5, 5.41) is 6.96. The van der Waals surface area contributed by atoms with Crippen LogP contribution in [0.3, 0.4) is 0 Å². The highest BCUT2D eigenvalue weighted by Crippen LogP contribution is 2.31. The fraction of sp³-hybridized carbons (Fsp3) is 0.182. The average molecular weight is 439 g/mol. The van der Waals surface area contributed by atoms with E-state index in [0.29, 0.717) is 24.4 Å². The number of nitrogens with zero attached hydrogens (tertiary/aromatic N) is 4. The SMILES string of the molecule is O=C(Nc1ccc(C(F)(F)F)cc1)[C@H]1CCc2cc(=O)n3nc(-c4ccccc4)nc3n21. The molecule has 0 fully saturated rings. The lowest BCUT2D eigenvalue weighted by Crippen LogP contribution is -2.27. The van der Waals surface area contributed by atoms with Crippen LogP contribution in [0.25, 0.3) is 17.2 Å². The Kier molecular flexibility index (Phi) is 4.58. The van der Waals surface area contributed by atoms with Crippen molar-refractivity contribution < 1.29 is 18.0 Å². The third kappa shape index (κ3) is 3.43. The first kappa shape index (κ1) is 20.0. The number of alkyl halides is 3. The van der Waals surface area contributed by atoms with Crippen molar-refractivity contribution in [3.63, 3.8) is 0 Å². The molecule has 3 heterocycles. The second-order valence-corrected chi connectivity index (χ2v) is 7.48. The molecule has 0 unspecified atom stereocenters. The molecule has 0 radical (unpaired) electrons. The molecule has 32 heavy (non-hydrogen) atoms. The lowest BCUT2D eigenvalue weighted by Gasteiger charge is -2.16. The van der Waals surface area contributed by atoms with E-state index in [1.807, 2.05) is 30.3 Å². The van der Waals surface area contributed by atoms with Crippen molar-refractivity contribution in [1.29, 1.82) is 0 Å². The topological polar surface area (TPSA) is 81.3 Å². The molecule has 7 nitrogen and oxygen atoms in total. The first-order valence-electron chi connectivity index (χ1n) is 9.86. The smallest absolute Gasteiger partial charge is 0.324 e. The highest BCUT2D eigenvalue weighted by Gasteiger charge is 2.32. The fourth-order valence-corrected chi connectivity index (χ4v) is 3.88. The normalized spacial score (nSPS) is 15.7. The molecule has 1 N–H and O–H groups in total. The third-order valence-electron chi connectivity index (χ3n) is 5.41. The minimum absolute atomic E-state index is 0.247. The van der Waals surface area contributed by atoms with Crippen LogP contribution in [0.5, 0.6) is 0 Å². The summed E-state index contributed by atoms with van der Waals surface area (Å²) < 4.78 is 41.1. The van der Waals surface area contributed by atoms with Gasteiger partial charge in [0.1, 0.15) is 6.04 Å². The van der Waals surface area contributed by atoms with E-state index < -0.39 is 23.7 Å². The van der Waals surface area contributed by atoms with E-state index in [-0.39, 0.29) is 17.0 Å². The number of nitrogens with one attached hydrogen (secondary N) is 1. The maximum Gasteiger partial charge on any atom is 0.416 e. The number of halogens is 3. The van der Waals surface area contributed by atoms with Crippen LogP contribution in [0.15, 0.2) is 65.5 Å². The van der Waals surface area contributed by atoms with Gasteiger partial charge in [-0.05, 0) is 37.1 Å². The van der Waals surface area contributed by atoms with E-state index in [1.165, 1.54) is 18.2 Å². The van der Waals surface area contributed by atoms with Gasteiger partial charge in [0.2, 0.25) is 11.7 Å². The zero-order valence-electron chi connectivity index (χ0n) is 16.5. The van der Waals surface area contributed by atoms with Crippen LogP contribution in [0.2, 0.25) is 0 Å². The molecule has 0 spiro atoms. The predicted molar refractivity (Wildman–Crippen MR) is 110 cm³/mol. The van der Waals surface area contributed by atoms with E-state index in [4.69, 9.17) is 0 Å². The van der Waals surface area contributed by atoms with Crippen LogP contribution in [-0.4, -0.2) is 25.1 Å².